The number of ether oxygens (including phenoxy) is 3. The minimum absolute atomic E-state index is 0.00668. The fourth-order valence-corrected chi connectivity index (χ4v) is 5.08. The maximum absolute atomic E-state index is 11.5. The fraction of sp³-hybridized carbons (Fsp3) is 0.353. The van der Waals surface area contributed by atoms with Gasteiger partial charge in [0.15, 0.2) is 10.0 Å². The summed E-state index contributed by atoms with van der Waals surface area (Å²) in [6.45, 7) is 1.52. The summed E-state index contributed by atoms with van der Waals surface area (Å²) in [6.07, 6.45) is 0. The second kappa shape index (κ2) is 9.98. The van der Waals surface area contributed by atoms with E-state index in [9.17, 15) is 4.79 Å². The number of nitrogens with zero attached hydrogens (tertiary/aromatic N) is 2. The molecule has 0 N–H and O–H groups in total. The third-order valence-electron chi connectivity index (χ3n) is 3.79. The Morgan fingerprint density at radius 3 is 2.89 bits per heavy atom. The van der Waals surface area contributed by atoms with Gasteiger partial charge in [0, 0.05) is 27.7 Å². The highest BCUT2D eigenvalue weighted by Crippen LogP contribution is 2.26. The average molecular weight is 479 g/mol. The van der Waals surface area contributed by atoms with Gasteiger partial charge in [-0.2, -0.15) is 0 Å². The van der Waals surface area contributed by atoms with E-state index in [1.54, 1.807) is 35.3 Å². The van der Waals surface area contributed by atoms with Crippen molar-refractivity contribution >= 4 is 69.7 Å². The van der Waals surface area contributed by atoms with Crippen molar-refractivity contribution in [3.05, 3.63) is 39.3 Å². The molecule has 1 aromatic carbocycles. The predicted molar refractivity (Wildman–Crippen MR) is 115 cm³/mol. The summed E-state index contributed by atoms with van der Waals surface area (Å²) in [6, 6.07) is 5.07. The van der Waals surface area contributed by atoms with Crippen LogP contribution in [0.25, 0.3) is 0 Å². The molecule has 0 radical (unpaired) electrons. The number of halogens is 2. The number of benzene rings is 1. The van der Waals surface area contributed by atoms with Gasteiger partial charge >= 0.3 is 5.97 Å². The zero-order valence-corrected chi connectivity index (χ0v) is 18.7. The first-order valence-corrected chi connectivity index (χ1v) is 11.2. The van der Waals surface area contributed by atoms with E-state index < -0.39 is 5.97 Å². The van der Waals surface area contributed by atoms with Gasteiger partial charge in [0.1, 0.15) is 25.0 Å². The molecule has 3 rings (SSSR count). The molecular formula is C17H16Cl2N2O4S3. The molecule has 28 heavy (non-hydrogen) atoms. The molecule has 1 atom stereocenters. The van der Waals surface area contributed by atoms with Crippen molar-refractivity contribution in [3.63, 3.8) is 0 Å². The van der Waals surface area contributed by atoms with Crippen LogP contribution in [-0.2, 0) is 9.47 Å². The van der Waals surface area contributed by atoms with Crippen LogP contribution in [0.1, 0.15) is 10.5 Å². The Morgan fingerprint density at radius 1 is 1.43 bits per heavy atom. The second-order valence-corrected chi connectivity index (χ2v) is 9.10. The van der Waals surface area contributed by atoms with E-state index in [1.807, 2.05) is 4.90 Å². The highest BCUT2D eigenvalue weighted by Gasteiger charge is 2.30. The maximum Gasteiger partial charge on any atom is 0.357 e. The Balaban J connectivity index is 1.51. The van der Waals surface area contributed by atoms with E-state index in [2.05, 4.69) is 9.72 Å². The van der Waals surface area contributed by atoms with Crippen LogP contribution in [0.15, 0.2) is 27.9 Å². The molecule has 0 saturated carbocycles. The summed E-state index contributed by atoms with van der Waals surface area (Å²) in [5.41, 5.74) is 0.321. The number of methoxy groups -OCH3 is 1. The molecule has 1 saturated heterocycles. The largest absolute Gasteiger partial charge is 0.491 e. The Bertz CT molecular complexity index is 844. The molecule has 1 fully saturated rings. The number of hydrogen-bond donors (Lipinski definition) is 0. The van der Waals surface area contributed by atoms with E-state index in [0.717, 1.165) is 10.1 Å². The van der Waals surface area contributed by atoms with Crippen LogP contribution in [0.4, 0.5) is 0 Å². The van der Waals surface area contributed by atoms with Gasteiger partial charge in [0.25, 0.3) is 5.17 Å². The number of rotatable bonds is 8. The molecule has 2 heterocycles. The quantitative estimate of drug-likeness (QED) is 0.314. The summed E-state index contributed by atoms with van der Waals surface area (Å²) < 4.78 is 16.8. The summed E-state index contributed by atoms with van der Waals surface area (Å²) in [5.74, 6) is 0.898. The topological polar surface area (TPSA) is 60.9 Å². The first kappa shape index (κ1) is 21.4. The third kappa shape index (κ3) is 5.64. The van der Waals surface area contributed by atoms with Crippen LogP contribution in [-0.4, -0.2) is 59.7 Å². The molecule has 1 aromatic heterocycles. The minimum Gasteiger partial charge on any atom is -0.491 e. The van der Waals surface area contributed by atoms with Gasteiger partial charge in [-0.05, 0) is 30.4 Å². The zero-order valence-electron chi connectivity index (χ0n) is 14.7. The lowest BCUT2D eigenvalue weighted by Crippen LogP contribution is -2.39. The summed E-state index contributed by atoms with van der Waals surface area (Å²) in [5, 5.41) is 3.17. The number of esters is 1. The number of hydrogen-bond acceptors (Lipinski definition) is 8. The molecule has 0 bridgehead atoms. The minimum atomic E-state index is -0.435. The van der Waals surface area contributed by atoms with Crippen molar-refractivity contribution in [1.29, 1.82) is 0 Å². The fourth-order valence-electron chi connectivity index (χ4n) is 2.46. The van der Waals surface area contributed by atoms with Crippen LogP contribution < -0.4 is 4.74 Å². The highest BCUT2D eigenvalue weighted by molar-refractivity contribution is 8.01. The van der Waals surface area contributed by atoms with Gasteiger partial charge in [-0.25, -0.2) is 9.78 Å². The zero-order chi connectivity index (χ0) is 20.1. The molecule has 0 aliphatic carbocycles. The summed E-state index contributed by atoms with van der Waals surface area (Å²) in [7, 11) is 1.34. The standard InChI is InChI=1S/C17H16Cl2N2O4S3/c1-23-15(22)14-9-28-16(20-14)27-3-2-21-12(8-25-17(21)26)7-24-13-5-10(18)4-11(19)6-13/h4-6,9,12H,2-3,7-8H2,1H3. The Kier molecular flexibility index (Phi) is 7.64. The smallest absolute Gasteiger partial charge is 0.357 e. The van der Waals surface area contributed by atoms with Crippen molar-refractivity contribution < 1.29 is 19.0 Å². The highest BCUT2D eigenvalue weighted by atomic mass is 35.5. The van der Waals surface area contributed by atoms with E-state index in [0.29, 0.717) is 46.4 Å². The van der Waals surface area contributed by atoms with Gasteiger partial charge in [-0.15, -0.1) is 11.3 Å². The monoisotopic (exact) mass is 478 g/mol. The number of carbonyl (C=O) groups is 1. The lowest BCUT2D eigenvalue weighted by molar-refractivity contribution is 0.0594. The van der Waals surface area contributed by atoms with Crippen LogP contribution in [0.5, 0.6) is 5.75 Å². The van der Waals surface area contributed by atoms with Gasteiger partial charge < -0.3 is 19.1 Å². The summed E-state index contributed by atoms with van der Waals surface area (Å²) >= 11 is 20.2. The van der Waals surface area contributed by atoms with E-state index in [-0.39, 0.29) is 6.04 Å². The van der Waals surface area contributed by atoms with E-state index in [4.69, 9.17) is 44.9 Å². The molecule has 150 valence electrons. The number of carbonyl (C=O) groups excluding carboxylic acids is 1. The molecule has 0 spiro atoms. The molecule has 6 nitrogen and oxygen atoms in total. The molecule has 0 amide bonds. The molecule has 2 aromatic rings. The van der Waals surface area contributed by atoms with Gasteiger partial charge in [0.05, 0.1) is 7.11 Å². The Morgan fingerprint density at radius 2 is 2.18 bits per heavy atom. The van der Waals surface area contributed by atoms with E-state index in [1.165, 1.54) is 18.4 Å². The van der Waals surface area contributed by atoms with Gasteiger partial charge in [-0.3, -0.25) is 0 Å². The lowest BCUT2D eigenvalue weighted by Gasteiger charge is -2.22. The molecule has 1 aliphatic rings. The number of thiazole rings is 1. The predicted octanol–water partition coefficient (Wildman–Crippen LogP) is 4.39. The second-order valence-electron chi connectivity index (χ2n) is 5.68. The maximum atomic E-state index is 11.5. The van der Waals surface area contributed by atoms with Crippen LogP contribution >= 0.6 is 58.5 Å². The SMILES string of the molecule is COC(=O)c1csc(SCCN2C(=S)OCC2COc2cc(Cl)cc(Cl)c2)n1. The van der Waals surface area contributed by atoms with Crippen molar-refractivity contribution in [2.24, 2.45) is 0 Å². The van der Waals surface area contributed by atoms with Crippen LogP contribution in [0.3, 0.4) is 0 Å². The first-order chi connectivity index (χ1) is 13.5. The Hall–Kier alpha value is -1.26. The first-order valence-electron chi connectivity index (χ1n) is 8.15. The van der Waals surface area contributed by atoms with Crippen LogP contribution in [0.2, 0.25) is 10.0 Å². The lowest BCUT2D eigenvalue weighted by atomic mass is 10.3. The van der Waals surface area contributed by atoms with Crippen molar-refractivity contribution in [2.45, 2.75) is 10.4 Å². The van der Waals surface area contributed by atoms with Crippen LogP contribution in [0, 0.1) is 0 Å². The van der Waals surface area contributed by atoms with Gasteiger partial charge in [-0.1, -0.05) is 35.0 Å². The number of thiocarbonyl (C=S) groups is 1. The molecule has 1 aliphatic heterocycles. The third-order valence-corrected chi connectivity index (χ3v) is 6.58. The normalized spacial score (nSPS) is 16.2. The molecule has 1 unspecified atom stereocenters. The summed E-state index contributed by atoms with van der Waals surface area (Å²) in [4.78, 5) is 17.7. The number of aromatic nitrogens is 1. The average Bonchev–Trinajstić information content (AvgIpc) is 3.26. The van der Waals surface area contributed by atoms with Gasteiger partial charge in [0.2, 0.25) is 0 Å². The van der Waals surface area contributed by atoms with E-state index >= 15 is 0 Å². The Labute approximate surface area is 186 Å². The molecule has 11 heteroatoms. The number of thioether (sulfide) groups is 1. The molecular weight excluding hydrogens is 463 g/mol. The van der Waals surface area contributed by atoms with Crippen molar-refractivity contribution in [3.8, 4) is 5.75 Å². The van der Waals surface area contributed by atoms with Crippen molar-refractivity contribution in [2.75, 3.05) is 32.6 Å². The van der Waals surface area contributed by atoms with Crippen molar-refractivity contribution in [1.82, 2.24) is 9.88 Å².